The van der Waals surface area contributed by atoms with Gasteiger partial charge in [-0.25, -0.2) is 0 Å². The number of nitrogens with zero attached hydrogens (tertiary/aromatic N) is 3. The molecule has 1 aliphatic heterocycles. The number of benzene rings is 2. The van der Waals surface area contributed by atoms with Crippen molar-refractivity contribution in [2.75, 3.05) is 44.6 Å². The van der Waals surface area contributed by atoms with E-state index in [-0.39, 0.29) is 11.8 Å². The summed E-state index contributed by atoms with van der Waals surface area (Å²) in [6, 6.07) is 11.1. The first-order valence-corrected chi connectivity index (χ1v) is 10.9. The van der Waals surface area contributed by atoms with E-state index in [2.05, 4.69) is 15.5 Å². The Bertz CT molecular complexity index is 1120. The fourth-order valence-corrected chi connectivity index (χ4v) is 4.00. The summed E-state index contributed by atoms with van der Waals surface area (Å²) in [7, 11) is 4.66. The topological polar surface area (TPSA) is 99.0 Å². The van der Waals surface area contributed by atoms with Gasteiger partial charge >= 0.3 is 6.01 Å². The third kappa shape index (κ3) is 4.98. The van der Waals surface area contributed by atoms with Gasteiger partial charge in [-0.15, -0.1) is 0 Å². The smallest absolute Gasteiger partial charge is 0.324 e. The van der Waals surface area contributed by atoms with Crippen molar-refractivity contribution < 1.29 is 23.5 Å². The number of carbonyl (C=O) groups excluding carboxylic acids is 1. The molecular weight excluding hydrogens is 448 g/mol. The summed E-state index contributed by atoms with van der Waals surface area (Å²) in [5.41, 5.74) is 1.31. The highest BCUT2D eigenvalue weighted by Gasteiger charge is 2.29. The van der Waals surface area contributed by atoms with E-state index < -0.39 is 0 Å². The van der Waals surface area contributed by atoms with Crippen LogP contribution in [0.3, 0.4) is 0 Å². The molecule has 1 saturated heterocycles. The van der Waals surface area contributed by atoms with Gasteiger partial charge in [-0.05, 0) is 43.2 Å². The van der Waals surface area contributed by atoms with E-state index >= 15 is 0 Å². The molecule has 2 heterocycles. The number of hydrogen-bond donors (Lipinski definition) is 1. The molecule has 1 atom stereocenters. The maximum Gasteiger partial charge on any atom is 0.324 e. The standard InChI is InChI=1S/C23H25ClN4O5/c1-30-16-8-6-14(7-9-16)21-26-23(33-27-21)28-10-4-5-15(13-28)22(29)25-18-11-17(24)19(31-2)12-20(18)32-3/h6-9,11-12,15H,4-5,10,13H2,1-3H3,(H,25,29). The van der Waals surface area contributed by atoms with Crippen LogP contribution < -0.4 is 24.4 Å². The summed E-state index contributed by atoms with van der Waals surface area (Å²) in [4.78, 5) is 19.5. The van der Waals surface area contributed by atoms with Crippen LogP contribution in [-0.2, 0) is 4.79 Å². The fraction of sp³-hybridized carbons (Fsp3) is 0.348. The van der Waals surface area contributed by atoms with Crippen LogP contribution in [0.4, 0.5) is 11.7 Å². The number of aromatic nitrogens is 2. The third-order valence-corrected chi connectivity index (χ3v) is 5.85. The Labute approximate surface area is 196 Å². The number of rotatable bonds is 7. The monoisotopic (exact) mass is 472 g/mol. The Morgan fingerprint density at radius 2 is 1.88 bits per heavy atom. The van der Waals surface area contributed by atoms with Gasteiger partial charge in [0, 0.05) is 24.7 Å². The van der Waals surface area contributed by atoms with Crippen LogP contribution in [0.15, 0.2) is 40.9 Å². The minimum absolute atomic E-state index is 0.130. The first kappa shape index (κ1) is 22.7. The highest BCUT2D eigenvalue weighted by atomic mass is 35.5. The zero-order chi connectivity index (χ0) is 23.4. The largest absolute Gasteiger partial charge is 0.497 e. The Kier molecular flexibility index (Phi) is 6.88. The van der Waals surface area contributed by atoms with Gasteiger partial charge in [-0.1, -0.05) is 16.8 Å². The Morgan fingerprint density at radius 1 is 1.12 bits per heavy atom. The maximum atomic E-state index is 13.0. The Hall–Kier alpha value is -3.46. The molecule has 4 rings (SSSR count). The van der Waals surface area contributed by atoms with Gasteiger partial charge in [0.25, 0.3) is 0 Å². The number of carbonyl (C=O) groups is 1. The zero-order valence-corrected chi connectivity index (χ0v) is 19.4. The summed E-state index contributed by atoms with van der Waals surface area (Å²) in [6.07, 6.45) is 1.56. The molecule has 2 aromatic carbocycles. The Balaban J connectivity index is 1.45. The molecule has 1 N–H and O–H groups in total. The van der Waals surface area contributed by atoms with Crippen molar-refractivity contribution in [3.63, 3.8) is 0 Å². The van der Waals surface area contributed by atoms with Crippen LogP contribution >= 0.6 is 11.6 Å². The number of halogens is 1. The minimum Gasteiger partial charge on any atom is -0.497 e. The lowest BCUT2D eigenvalue weighted by atomic mass is 9.97. The summed E-state index contributed by atoms with van der Waals surface area (Å²) in [5, 5.41) is 7.40. The quantitative estimate of drug-likeness (QED) is 0.544. The first-order chi connectivity index (χ1) is 16.0. The van der Waals surface area contributed by atoms with Gasteiger partial charge in [0.15, 0.2) is 0 Å². The van der Waals surface area contributed by atoms with Crippen LogP contribution in [0.5, 0.6) is 17.2 Å². The van der Waals surface area contributed by atoms with Crippen LogP contribution in [0.2, 0.25) is 5.02 Å². The number of nitrogens with one attached hydrogen (secondary N) is 1. The molecule has 33 heavy (non-hydrogen) atoms. The van der Waals surface area contributed by atoms with Crippen molar-refractivity contribution in [2.45, 2.75) is 12.8 Å². The molecule has 0 bridgehead atoms. The predicted molar refractivity (Wildman–Crippen MR) is 124 cm³/mol. The third-order valence-electron chi connectivity index (χ3n) is 5.56. The lowest BCUT2D eigenvalue weighted by molar-refractivity contribution is -0.120. The molecule has 9 nitrogen and oxygen atoms in total. The van der Waals surface area contributed by atoms with E-state index in [0.717, 1.165) is 30.7 Å². The average molecular weight is 473 g/mol. The highest BCUT2D eigenvalue weighted by molar-refractivity contribution is 6.32. The number of anilines is 2. The van der Waals surface area contributed by atoms with Crippen molar-refractivity contribution in [2.24, 2.45) is 5.92 Å². The van der Waals surface area contributed by atoms with Crippen molar-refractivity contribution in [3.05, 3.63) is 41.4 Å². The summed E-state index contributed by atoms with van der Waals surface area (Å²) in [5.74, 6) is 1.78. The second kappa shape index (κ2) is 9.99. The SMILES string of the molecule is COc1ccc(-c2noc(N3CCCC(C(=O)Nc4cc(Cl)c(OC)cc4OC)C3)n2)cc1. The molecule has 0 saturated carbocycles. The van der Waals surface area contributed by atoms with Crippen molar-refractivity contribution in [1.82, 2.24) is 10.1 Å². The van der Waals surface area contributed by atoms with Gasteiger partial charge in [-0.2, -0.15) is 4.98 Å². The van der Waals surface area contributed by atoms with E-state index in [0.29, 0.717) is 40.6 Å². The molecule has 174 valence electrons. The molecule has 3 aromatic rings. The van der Waals surface area contributed by atoms with Crippen LogP contribution in [0.1, 0.15) is 12.8 Å². The zero-order valence-electron chi connectivity index (χ0n) is 18.6. The fourth-order valence-electron chi connectivity index (χ4n) is 3.76. The van der Waals surface area contributed by atoms with Crippen molar-refractivity contribution in [3.8, 4) is 28.6 Å². The molecule has 1 aliphatic rings. The van der Waals surface area contributed by atoms with E-state index in [4.69, 9.17) is 30.3 Å². The molecule has 0 aliphatic carbocycles. The molecule has 1 fully saturated rings. The van der Waals surface area contributed by atoms with Gasteiger partial charge in [0.2, 0.25) is 11.7 Å². The van der Waals surface area contributed by atoms with Gasteiger partial charge in [0.1, 0.15) is 17.2 Å². The second-order valence-electron chi connectivity index (χ2n) is 7.59. The molecule has 1 amide bonds. The summed E-state index contributed by atoms with van der Waals surface area (Å²) >= 11 is 6.23. The molecular formula is C23H25ClN4O5. The lowest BCUT2D eigenvalue weighted by Gasteiger charge is -2.30. The van der Waals surface area contributed by atoms with Crippen LogP contribution in [0.25, 0.3) is 11.4 Å². The number of hydrogen-bond acceptors (Lipinski definition) is 8. The molecule has 10 heteroatoms. The second-order valence-corrected chi connectivity index (χ2v) is 8.00. The summed E-state index contributed by atoms with van der Waals surface area (Å²) in [6.45, 7) is 1.19. The summed E-state index contributed by atoms with van der Waals surface area (Å²) < 4.78 is 21.3. The number of amides is 1. The minimum atomic E-state index is -0.263. The normalized spacial score (nSPS) is 15.8. The van der Waals surface area contributed by atoms with Crippen molar-refractivity contribution in [1.29, 1.82) is 0 Å². The predicted octanol–water partition coefficient (Wildman–Crippen LogP) is 4.27. The van der Waals surface area contributed by atoms with Gasteiger partial charge in [-0.3, -0.25) is 4.79 Å². The first-order valence-electron chi connectivity index (χ1n) is 10.5. The van der Waals surface area contributed by atoms with Gasteiger partial charge < -0.3 is 29.0 Å². The van der Waals surface area contributed by atoms with E-state index in [1.54, 1.807) is 19.2 Å². The molecule has 0 radical (unpaired) electrons. The molecule has 1 unspecified atom stereocenters. The van der Waals surface area contributed by atoms with E-state index in [1.807, 2.05) is 29.2 Å². The van der Waals surface area contributed by atoms with Crippen LogP contribution in [0, 0.1) is 5.92 Å². The number of piperidine rings is 1. The average Bonchev–Trinajstić information content (AvgIpc) is 3.35. The molecule has 0 spiro atoms. The highest BCUT2D eigenvalue weighted by Crippen LogP contribution is 2.36. The van der Waals surface area contributed by atoms with E-state index in [9.17, 15) is 4.79 Å². The maximum absolute atomic E-state index is 13.0. The lowest BCUT2D eigenvalue weighted by Crippen LogP contribution is -2.41. The van der Waals surface area contributed by atoms with Gasteiger partial charge in [0.05, 0.1) is 38.0 Å². The number of methoxy groups -OCH3 is 3. The van der Waals surface area contributed by atoms with E-state index in [1.165, 1.54) is 14.2 Å². The van der Waals surface area contributed by atoms with Crippen LogP contribution in [-0.4, -0.2) is 50.5 Å². The molecule has 1 aromatic heterocycles. The Morgan fingerprint density at radius 3 is 2.58 bits per heavy atom. The number of ether oxygens (including phenoxy) is 3. The van der Waals surface area contributed by atoms with Crippen molar-refractivity contribution >= 4 is 29.2 Å².